The lowest BCUT2D eigenvalue weighted by atomic mass is 9.97. The molecule has 0 saturated heterocycles. The smallest absolute Gasteiger partial charge is 0.275 e. The number of β-amino-alcohol motifs (C(OH)–C–C–N with tert-alkyl or cyclic N) is 1. The standard InChI is InChI=1S/C16H17N3O2/c20-14-9-19(8-10-4-1-2-5-11(10)14)16(21)15-12-6-3-7-13(12)17-18-15/h1-2,4-5,14,20H,3,6-9H2,(H,17,18)/t14-/m1/s1. The topological polar surface area (TPSA) is 69.2 Å². The normalized spacial score (nSPS) is 20.2. The first kappa shape index (κ1) is 12.6. The number of nitrogens with one attached hydrogen (secondary N) is 1. The summed E-state index contributed by atoms with van der Waals surface area (Å²) < 4.78 is 0. The Morgan fingerprint density at radius 1 is 1.33 bits per heavy atom. The van der Waals surface area contributed by atoms with Crippen molar-refractivity contribution in [1.29, 1.82) is 0 Å². The zero-order valence-corrected chi connectivity index (χ0v) is 11.7. The first-order chi connectivity index (χ1) is 10.2. The quantitative estimate of drug-likeness (QED) is 0.835. The molecule has 5 nitrogen and oxygen atoms in total. The van der Waals surface area contributed by atoms with E-state index in [1.807, 2.05) is 24.3 Å². The fraction of sp³-hybridized carbons (Fsp3) is 0.375. The van der Waals surface area contributed by atoms with Gasteiger partial charge < -0.3 is 10.0 Å². The van der Waals surface area contributed by atoms with Crippen LogP contribution in [0.4, 0.5) is 0 Å². The summed E-state index contributed by atoms with van der Waals surface area (Å²) in [6, 6.07) is 7.74. The Morgan fingerprint density at radius 2 is 2.19 bits per heavy atom. The molecule has 1 aliphatic heterocycles. The molecule has 1 aromatic carbocycles. The molecule has 1 atom stereocenters. The summed E-state index contributed by atoms with van der Waals surface area (Å²) in [5, 5.41) is 17.4. The molecule has 1 aromatic heterocycles. The Hall–Kier alpha value is -2.14. The number of fused-ring (bicyclic) bond motifs is 2. The number of H-pyrrole nitrogens is 1. The Kier molecular flexibility index (Phi) is 2.82. The van der Waals surface area contributed by atoms with Crippen LogP contribution >= 0.6 is 0 Å². The molecule has 0 unspecified atom stereocenters. The molecule has 2 aliphatic rings. The number of hydrogen-bond acceptors (Lipinski definition) is 3. The third-order valence-corrected chi connectivity index (χ3v) is 4.46. The SMILES string of the molecule is O=C(c1n[nH]c2c1CCC2)N1Cc2ccccc2[C@H](O)C1. The number of amides is 1. The summed E-state index contributed by atoms with van der Waals surface area (Å²) >= 11 is 0. The second kappa shape index (κ2) is 4.70. The Morgan fingerprint density at radius 3 is 3.10 bits per heavy atom. The van der Waals surface area contributed by atoms with E-state index >= 15 is 0 Å². The number of rotatable bonds is 1. The third kappa shape index (κ3) is 1.96. The molecule has 1 aliphatic carbocycles. The van der Waals surface area contributed by atoms with Gasteiger partial charge in [0.2, 0.25) is 0 Å². The molecule has 2 heterocycles. The van der Waals surface area contributed by atoms with Gasteiger partial charge in [-0.05, 0) is 30.4 Å². The molecule has 4 rings (SSSR count). The van der Waals surface area contributed by atoms with Crippen molar-refractivity contribution in [3.8, 4) is 0 Å². The lowest BCUT2D eigenvalue weighted by molar-refractivity contribution is 0.0543. The number of carbonyl (C=O) groups excluding carboxylic acids is 1. The molecule has 5 heteroatoms. The van der Waals surface area contributed by atoms with Crippen LogP contribution in [0.1, 0.15) is 45.4 Å². The second-order valence-corrected chi connectivity index (χ2v) is 5.78. The number of nitrogens with zero attached hydrogens (tertiary/aromatic N) is 2. The minimum Gasteiger partial charge on any atom is -0.387 e. The van der Waals surface area contributed by atoms with Gasteiger partial charge in [0.25, 0.3) is 5.91 Å². The van der Waals surface area contributed by atoms with Crippen molar-refractivity contribution < 1.29 is 9.90 Å². The fourth-order valence-corrected chi connectivity index (χ4v) is 3.38. The number of aryl methyl sites for hydroxylation is 1. The van der Waals surface area contributed by atoms with Gasteiger partial charge in [0, 0.05) is 17.8 Å². The van der Waals surface area contributed by atoms with Crippen molar-refractivity contribution in [1.82, 2.24) is 15.1 Å². The van der Waals surface area contributed by atoms with Crippen molar-refractivity contribution >= 4 is 5.91 Å². The van der Waals surface area contributed by atoms with Gasteiger partial charge in [-0.25, -0.2) is 0 Å². The van der Waals surface area contributed by atoms with Gasteiger partial charge in [0.15, 0.2) is 5.69 Å². The zero-order chi connectivity index (χ0) is 14.4. The largest absolute Gasteiger partial charge is 0.387 e. The molecule has 0 saturated carbocycles. The van der Waals surface area contributed by atoms with Crippen LogP contribution in [0.2, 0.25) is 0 Å². The number of aromatic amines is 1. The molecule has 1 amide bonds. The third-order valence-electron chi connectivity index (χ3n) is 4.46. The van der Waals surface area contributed by atoms with Crippen LogP contribution in [0.25, 0.3) is 0 Å². The first-order valence-corrected chi connectivity index (χ1v) is 7.35. The average molecular weight is 283 g/mol. The van der Waals surface area contributed by atoms with Crippen molar-refractivity contribution in [2.75, 3.05) is 6.54 Å². The zero-order valence-electron chi connectivity index (χ0n) is 11.7. The second-order valence-electron chi connectivity index (χ2n) is 5.78. The molecule has 21 heavy (non-hydrogen) atoms. The molecule has 0 spiro atoms. The highest BCUT2D eigenvalue weighted by Gasteiger charge is 2.31. The maximum atomic E-state index is 12.7. The van der Waals surface area contributed by atoms with Crippen LogP contribution in [-0.2, 0) is 19.4 Å². The van der Waals surface area contributed by atoms with E-state index in [0.29, 0.717) is 18.8 Å². The van der Waals surface area contributed by atoms with E-state index in [2.05, 4.69) is 10.2 Å². The maximum Gasteiger partial charge on any atom is 0.275 e. The Balaban J connectivity index is 1.64. The lowest BCUT2D eigenvalue weighted by Gasteiger charge is -2.31. The van der Waals surface area contributed by atoms with Crippen LogP contribution in [0.15, 0.2) is 24.3 Å². The molecule has 2 N–H and O–H groups in total. The summed E-state index contributed by atoms with van der Waals surface area (Å²) in [6.07, 6.45) is 2.35. The Bertz CT molecular complexity index is 707. The summed E-state index contributed by atoms with van der Waals surface area (Å²) in [5.41, 5.74) is 4.63. The van der Waals surface area contributed by atoms with E-state index < -0.39 is 6.10 Å². The van der Waals surface area contributed by atoms with Gasteiger partial charge in [0.1, 0.15) is 0 Å². The van der Waals surface area contributed by atoms with Crippen LogP contribution in [0.3, 0.4) is 0 Å². The summed E-state index contributed by atoms with van der Waals surface area (Å²) in [5.74, 6) is -0.0806. The molecule has 108 valence electrons. The van der Waals surface area contributed by atoms with Crippen molar-refractivity contribution in [3.63, 3.8) is 0 Å². The van der Waals surface area contributed by atoms with E-state index in [0.717, 1.165) is 41.6 Å². The van der Waals surface area contributed by atoms with Gasteiger partial charge in [-0.1, -0.05) is 24.3 Å². The van der Waals surface area contributed by atoms with E-state index in [4.69, 9.17) is 0 Å². The number of benzene rings is 1. The van der Waals surface area contributed by atoms with Gasteiger partial charge in [-0.3, -0.25) is 9.89 Å². The number of hydrogen-bond donors (Lipinski definition) is 2. The van der Waals surface area contributed by atoms with Crippen LogP contribution in [0.5, 0.6) is 0 Å². The monoisotopic (exact) mass is 283 g/mol. The van der Waals surface area contributed by atoms with Gasteiger partial charge in [-0.2, -0.15) is 5.10 Å². The van der Waals surface area contributed by atoms with Crippen LogP contribution in [-0.4, -0.2) is 32.7 Å². The summed E-state index contributed by atoms with van der Waals surface area (Å²) in [4.78, 5) is 14.4. The molecule has 0 fully saturated rings. The highest BCUT2D eigenvalue weighted by Crippen LogP contribution is 2.29. The number of carbonyl (C=O) groups is 1. The highest BCUT2D eigenvalue weighted by atomic mass is 16.3. The van der Waals surface area contributed by atoms with Gasteiger partial charge in [-0.15, -0.1) is 0 Å². The van der Waals surface area contributed by atoms with E-state index in [1.165, 1.54) is 0 Å². The lowest BCUT2D eigenvalue weighted by Crippen LogP contribution is -2.38. The summed E-state index contributed by atoms with van der Waals surface area (Å²) in [7, 11) is 0. The molecule has 0 bridgehead atoms. The fourth-order valence-electron chi connectivity index (χ4n) is 3.38. The van der Waals surface area contributed by atoms with E-state index in [-0.39, 0.29) is 5.91 Å². The van der Waals surface area contributed by atoms with Crippen molar-refractivity contribution in [2.24, 2.45) is 0 Å². The van der Waals surface area contributed by atoms with E-state index in [1.54, 1.807) is 4.90 Å². The Labute approximate surface area is 122 Å². The predicted octanol–water partition coefficient (Wildman–Crippen LogP) is 1.59. The van der Waals surface area contributed by atoms with Crippen molar-refractivity contribution in [3.05, 3.63) is 52.3 Å². The summed E-state index contributed by atoms with van der Waals surface area (Å²) in [6.45, 7) is 0.866. The number of aromatic nitrogens is 2. The highest BCUT2D eigenvalue weighted by molar-refractivity contribution is 5.94. The molecule has 2 aromatic rings. The van der Waals surface area contributed by atoms with E-state index in [9.17, 15) is 9.90 Å². The molecular weight excluding hydrogens is 266 g/mol. The minimum absolute atomic E-state index is 0.0806. The predicted molar refractivity (Wildman–Crippen MR) is 76.8 cm³/mol. The number of aliphatic hydroxyl groups is 1. The van der Waals surface area contributed by atoms with Crippen LogP contribution in [0, 0.1) is 0 Å². The molecule has 0 radical (unpaired) electrons. The first-order valence-electron chi connectivity index (χ1n) is 7.35. The maximum absolute atomic E-state index is 12.7. The number of aliphatic hydroxyl groups excluding tert-OH is 1. The average Bonchev–Trinajstić information content (AvgIpc) is 3.09. The van der Waals surface area contributed by atoms with Gasteiger partial charge >= 0.3 is 0 Å². The van der Waals surface area contributed by atoms with Gasteiger partial charge in [0.05, 0.1) is 12.6 Å². The van der Waals surface area contributed by atoms with Crippen molar-refractivity contribution in [2.45, 2.75) is 31.9 Å². The minimum atomic E-state index is -0.620. The van der Waals surface area contributed by atoms with Crippen LogP contribution < -0.4 is 0 Å². The molecular formula is C16H17N3O2.